The van der Waals surface area contributed by atoms with Gasteiger partial charge in [0.05, 0.1) is 27.2 Å². The Morgan fingerprint density at radius 1 is 1.08 bits per heavy atom. The summed E-state index contributed by atoms with van der Waals surface area (Å²) in [5, 5.41) is 5.62. The molecule has 1 aliphatic heterocycles. The number of nitrogens with one attached hydrogen (secondary N) is 2. The Labute approximate surface area is 151 Å². The van der Waals surface area contributed by atoms with Gasteiger partial charge in [-0.3, -0.25) is 9.59 Å². The van der Waals surface area contributed by atoms with E-state index >= 15 is 0 Å². The van der Waals surface area contributed by atoms with Crippen molar-refractivity contribution in [3.63, 3.8) is 0 Å². The van der Waals surface area contributed by atoms with Crippen LogP contribution in [0, 0.1) is 0 Å². The zero-order valence-electron chi connectivity index (χ0n) is 14.8. The fourth-order valence-electron chi connectivity index (χ4n) is 3.03. The fraction of sp³-hybridized carbons (Fsp3) is 0.263. The smallest absolute Gasteiger partial charge is 0.232 e. The van der Waals surface area contributed by atoms with Crippen molar-refractivity contribution in [3.05, 3.63) is 42.0 Å². The molecule has 7 heteroatoms. The second kappa shape index (κ2) is 7.35. The quantitative estimate of drug-likeness (QED) is 0.860. The first-order valence-electron chi connectivity index (χ1n) is 8.07. The summed E-state index contributed by atoms with van der Waals surface area (Å²) in [5.74, 6) is 0.276. The minimum absolute atomic E-state index is 0.0905. The zero-order chi connectivity index (χ0) is 18.7. The van der Waals surface area contributed by atoms with Crippen molar-refractivity contribution in [1.82, 2.24) is 0 Å². The van der Waals surface area contributed by atoms with Crippen molar-refractivity contribution < 1.29 is 23.8 Å². The topological polar surface area (TPSA) is 85.9 Å². The number of hydrogen-bond donors (Lipinski definition) is 2. The average Bonchev–Trinajstić information content (AvgIpc) is 2.66. The number of ether oxygens (including phenoxy) is 3. The molecular weight excluding hydrogens is 336 g/mol. The van der Waals surface area contributed by atoms with Crippen LogP contribution in [-0.2, 0) is 9.59 Å². The predicted octanol–water partition coefficient (Wildman–Crippen LogP) is 2.78. The first-order valence-corrected chi connectivity index (χ1v) is 8.07. The zero-order valence-corrected chi connectivity index (χ0v) is 14.8. The first kappa shape index (κ1) is 17.6. The summed E-state index contributed by atoms with van der Waals surface area (Å²) in [7, 11) is 4.52. The second-order valence-corrected chi connectivity index (χ2v) is 5.80. The molecule has 0 aromatic heterocycles. The molecule has 0 aliphatic carbocycles. The SMILES string of the molecule is COc1cc(NC(=O)[C@@H]2CC(=O)Nc3ccccc32)cc(OC)c1OC. The molecule has 0 saturated carbocycles. The van der Waals surface area contributed by atoms with Crippen molar-refractivity contribution >= 4 is 23.2 Å². The standard InChI is InChI=1S/C19H20N2O5/c1-24-15-8-11(9-16(25-2)18(15)26-3)20-19(23)13-10-17(22)21-14-7-5-4-6-12(13)14/h4-9,13H,10H2,1-3H3,(H,20,23)(H,21,22)/t13-/m1/s1. The number of amides is 2. The summed E-state index contributed by atoms with van der Waals surface area (Å²) in [6.07, 6.45) is 0.0905. The van der Waals surface area contributed by atoms with Gasteiger partial charge in [-0.15, -0.1) is 0 Å². The van der Waals surface area contributed by atoms with Gasteiger partial charge in [0.1, 0.15) is 0 Å². The molecule has 7 nitrogen and oxygen atoms in total. The number of methoxy groups -OCH3 is 3. The molecule has 0 saturated heterocycles. The molecule has 2 amide bonds. The van der Waals surface area contributed by atoms with Crippen LogP contribution in [0.5, 0.6) is 17.2 Å². The molecule has 26 heavy (non-hydrogen) atoms. The van der Waals surface area contributed by atoms with Gasteiger partial charge in [-0.2, -0.15) is 0 Å². The Balaban J connectivity index is 1.90. The number of rotatable bonds is 5. The fourth-order valence-corrected chi connectivity index (χ4v) is 3.03. The van der Waals surface area contributed by atoms with E-state index in [9.17, 15) is 9.59 Å². The van der Waals surface area contributed by atoms with Crippen LogP contribution in [0.2, 0.25) is 0 Å². The molecular formula is C19H20N2O5. The summed E-state index contributed by atoms with van der Waals surface area (Å²) in [6.45, 7) is 0. The lowest BCUT2D eigenvalue weighted by molar-refractivity contribution is -0.123. The van der Waals surface area contributed by atoms with Crippen LogP contribution in [-0.4, -0.2) is 33.1 Å². The molecule has 1 heterocycles. The number of anilines is 2. The van der Waals surface area contributed by atoms with Crippen LogP contribution in [0.1, 0.15) is 17.9 Å². The average molecular weight is 356 g/mol. The maximum absolute atomic E-state index is 12.8. The monoisotopic (exact) mass is 356 g/mol. The van der Waals surface area contributed by atoms with E-state index in [0.29, 0.717) is 28.6 Å². The Hall–Kier alpha value is -3.22. The van der Waals surface area contributed by atoms with Gasteiger partial charge < -0.3 is 24.8 Å². The molecule has 3 rings (SSSR count). The minimum atomic E-state index is -0.570. The van der Waals surface area contributed by atoms with Gasteiger partial charge in [0.15, 0.2) is 11.5 Å². The number of hydrogen-bond acceptors (Lipinski definition) is 5. The van der Waals surface area contributed by atoms with E-state index in [0.717, 1.165) is 5.56 Å². The molecule has 0 spiro atoms. The summed E-state index contributed by atoms with van der Waals surface area (Å²) < 4.78 is 15.9. The Bertz CT molecular complexity index is 825. The van der Waals surface area contributed by atoms with E-state index in [1.165, 1.54) is 21.3 Å². The molecule has 0 unspecified atom stereocenters. The first-order chi connectivity index (χ1) is 12.6. The molecule has 0 radical (unpaired) electrons. The van der Waals surface area contributed by atoms with Gasteiger partial charge in [-0.05, 0) is 11.6 Å². The van der Waals surface area contributed by atoms with Gasteiger partial charge in [-0.1, -0.05) is 18.2 Å². The Kier molecular flexibility index (Phi) is 4.97. The molecule has 2 aromatic rings. The highest BCUT2D eigenvalue weighted by Gasteiger charge is 2.30. The molecule has 136 valence electrons. The van der Waals surface area contributed by atoms with Gasteiger partial charge >= 0.3 is 0 Å². The van der Waals surface area contributed by atoms with E-state index in [1.54, 1.807) is 18.2 Å². The predicted molar refractivity (Wildman–Crippen MR) is 97.2 cm³/mol. The maximum atomic E-state index is 12.8. The third-order valence-electron chi connectivity index (χ3n) is 4.25. The third-order valence-corrected chi connectivity index (χ3v) is 4.25. The van der Waals surface area contributed by atoms with Crippen molar-refractivity contribution in [2.24, 2.45) is 0 Å². The molecule has 0 fully saturated rings. The van der Waals surface area contributed by atoms with E-state index in [1.807, 2.05) is 18.2 Å². The van der Waals surface area contributed by atoms with Crippen LogP contribution in [0.4, 0.5) is 11.4 Å². The van der Waals surface area contributed by atoms with Crippen LogP contribution in [0.25, 0.3) is 0 Å². The van der Waals surface area contributed by atoms with Crippen LogP contribution < -0.4 is 24.8 Å². The van der Waals surface area contributed by atoms with Crippen LogP contribution in [0.15, 0.2) is 36.4 Å². The lowest BCUT2D eigenvalue weighted by Gasteiger charge is -2.25. The van der Waals surface area contributed by atoms with Crippen molar-refractivity contribution in [2.75, 3.05) is 32.0 Å². The summed E-state index contributed by atoms with van der Waals surface area (Å²) in [4.78, 5) is 24.8. The van der Waals surface area contributed by atoms with Gasteiger partial charge in [0.25, 0.3) is 0 Å². The second-order valence-electron chi connectivity index (χ2n) is 5.80. The van der Waals surface area contributed by atoms with Gasteiger partial charge in [0.2, 0.25) is 17.6 Å². The van der Waals surface area contributed by atoms with Crippen LogP contribution >= 0.6 is 0 Å². The van der Waals surface area contributed by atoms with Crippen molar-refractivity contribution in [3.8, 4) is 17.2 Å². The number of benzene rings is 2. The normalized spacial score (nSPS) is 15.5. The summed E-state index contributed by atoms with van der Waals surface area (Å²) in [5.41, 5.74) is 1.94. The molecule has 2 aromatic carbocycles. The largest absolute Gasteiger partial charge is 0.493 e. The van der Waals surface area contributed by atoms with Crippen LogP contribution in [0.3, 0.4) is 0 Å². The highest BCUT2D eigenvalue weighted by atomic mass is 16.5. The number of fused-ring (bicyclic) bond motifs is 1. The molecule has 1 atom stereocenters. The minimum Gasteiger partial charge on any atom is -0.493 e. The van der Waals surface area contributed by atoms with Crippen molar-refractivity contribution in [2.45, 2.75) is 12.3 Å². The van der Waals surface area contributed by atoms with E-state index < -0.39 is 5.92 Å². The third kappa shape index (κ3) is 3.28. The van der Waals surface area contributed by atoms with E-state index in [4.69, 9.17) is 14.2 Å². The highest BCUT2D eigenvalue weighted by Crippen LogP contribution is 2.40. The van der Waals surface area contributed by atoms with Gasteiger partial charge in [-0.25, -0.2) is 0 Å². The lowest BCUT2D eigenvalue weighted by Crippen LogP contribution is -2.30. The number of carbonyl (C=O) groups excluding carboxylic acids is 2. The molecule has 0 bridgehead atoms. The van der Waals surface area contributed by atoms with E-state index in [-0.39, 0.29) is 18.2 Å². The number of para-hydroxylation sites is 1. The van der Waals surface area contributed by atoms with Gasteiger partial charge in [0, 0.05) is 29.9 Å². The molecule has 2 N–H and O–H groups in total. The Morgan fingerprint density at radius 2 is 1.73 bits per heavy atom. The summed E-state index contributed by atoms with van der Waals surface area (Å²) >= 11 is 0. The highest BCUT2D eigenvalue weighted by molar-refractivity contribution is 6.05. The number of carbonyl (C=O) groups is 2. The molecule has 1 aliphatic rings. The lowest BCUT2D eigenvalue weighted by atomic mass is 9.90. The summed E-state index contributed by atoms with van der Waals surface area (Å²) in [6, 6.07) is 10.6. The van der Waals surface area contributed by atoms with E-state index in [2.05, 4.69) is 10.6 Å². The Morgan fingerprint density at radius 3 is 2.35 bits per heavy atom. The van der Waals surface area contributed by atoms with Crippen molar-refractivity contribution in [1.29, 1.82) is 0 Å². The maximum Gasteiger partial charge on any atom is 0.232 e.